The molecule has 8 heteroatoms. The van der Waals surface area contributed by atoms with Crippen molar-refractivity contribution in [2.45, 2.75) is 4.90 Å². The Morgan fingerprint density at radius 1 is 1.05 bits per heavy atom. The number of hydrogen-bond donors (Lipinski definition) is 1. The number of sulfonamides is 1. The minimum absolute atomic E-state index is 0.0526. The molecule has 0 amide bonds. The Kier molecular flexibility index (Phi) is 4.32. The molecule has 0 spiro atoms. The largest absolute Gasteiger partial charge is 0.278 e. The minimum Gasteiger partial charge on any atom is -0.278 e. The standard InChI is InChI=1S/C14H7ClFN3O2S/c15-11-3-1-5-13(9(11)7-17)19-22(20,21)14-6-2-4-12(16)10(14)8-18/h1-6,19H. The zero-order valence-electron chi connectivity index (χ0n) is 10.8. The van der Waals surface area contributed by atoms with Gasteiger partial charge >= 0.3 is 0 Å². The Morgan fingerprint density at radius 3 is 2.32 bits per heavy atom. The van der Waals surface area contributed by atoms with Gasteiger partial charge in [-0.2, -0.15) is 10.5 Å². The fourth-order valence-electron chi connectivity index (χ4n) is 1.76. The predicted molar refractivity (Wildman–Crippen MR) is 78.1 cm³/mol. The summed E-state index contributed by atoms with van der Waals surface area (Å²) in [5.74, 6) is -0.947. The van der Waals surface area contributed by atoms with Gasteiger partial charge in [0.15, 0.2) is 0 Å². The number of hydrogen-bond acceptors (Lipinski definition) is 4. The summed E-state index contributed by atoms with van der Waals surface area (Å²) >= 11 is 5.82. The van der Waals surface area contributed by atoms with Gasteiger partial charge in [-0.1, -0.05) is 23.7 Å². The third kappa shape index (κ3) is 2.86. The summed E-state index contributed by atoms with van der Waals surface area (Å²) < 4.78 is 40.3. The van der Waals surface area contributed by atoms with Crippen molar-refractivity contribution in [2.24, 2.45) is 0 Å². The van der Waals surface area contributed by atoms with Crippen LogP contribution in [0.15, 0.2) is 41.3 Å². The maximum atomic E-state index is 13.5. The third-order valence-corrected chi connectivity index (χ3v) is 4.47. The zero-order valence-corrected chi connectivity index (χ0v) is 12.4. The fourth-order valence-corrected chi connectivity index (χ4v) is 3.22. The van der Waals surface area contributed by atoms with E-state index in [-0.39, 0.29) is 16.3 Å². The van der Waals surface area contributed by atoms with Gasteiger partial charge in [-0.3, -0.25) is 4.72 Å². The second kappa shape index (κ2) is 6.02. The van der Waals surface area contributed by atoms with Gasteiger partial charge in [-0.15, -0.1) is 0 Å². The lowest BCUT2D eigenvalue weighted by Crippen LogP contribution is -2.16. The Morgan fingerprint density at radius 2 is 1.68 bits per heavy atom. The molecular weight excluding hydrogens is 329 g/mol. The van der Waals surface area contributed by atoms with Crippen LogP contribution in [0.2, 0.25) is 5.02 Å². The van der Waals surface area contributed by atoms with Crippen LogP contribution in [0.25, 0.3) is 0 Å². The SMILES string of the molecule is N#Cc1c(Cl)cccc1NS(=O)(=O)c1cccc(F)c1C#N. The zero-order chi connectivity index (χ0) is 16.3. The van der Waals surface area contributed by atoms with E-state index >= 15 is 0 Å². The monoisotopic (exact) mass is 335 g/mol. The number of benzene rings is 2. The first-order valence-electron chi connectivity index (χ1n) is 5.80. The maximum Gasteiger partial charge on any atom is 0.263 e. The van der Waals surface area contributed by atoms with Gasteiger partial charge in [0.2, 0.25) is 0 Å². The Bertz CT molecular complexity index is 930. The van der Waals surface area contributed by atoms with Crippen LogP contribution in [0.5, 0.6) is 0 Å². The van der Waals surface area contributed by atoms with E-state index in [4.69, 9.17) is 22.1 Å². The van der Waals surface area contributed by atoms with Crippen molar-refractivity contribution in [3.63, 3.8) is 0 Å². The van der Waals surface area contributed by atoms with Crippen molar-refractivity contribution in [2.75, 3.05) is 4.72 Å². The first-order valence-corrected chi connectivity index (χ1v) is 7.67. The summed E-state index contributed by atoms with van der Waals surface area (Å²) in [4.78, 5) is -0.515. The second-order valence-electron chi connectivity index (χ2n) is 4.10. The van der Waals surface area contributed by atoms with Gasteiger partial charge in [0.25, 0.3) is 10.0 Å². The summed E-state index contributed by atoms with van der Waals surface area (Å²) in [5.41, 5.74) is -0.721. The van der Waals surface area contributed by atoms with E-state index in [1.165, 1.54) is 30.3 Å². The van der Waals surface area contributed by atoms with E-state index in [1.54, 1.807) is 6.07 Å². The Hall–Kier alpha value is -2.61. The van der Waals surface area contributed by atoms with Gasteiger partial charge in [-0.05, 0) is 24.3 Å². The average molecular weight is 336 g/mol. The van der Waals surface area contributed by atoms with E-state index in [9.17, 15) is 12.8 Å². The van der Waals surface area contributed by atoms with E-state index in [1.807, 2.05) is 0 Å². The molecule has 0 saturated heterocycles. The molecule has 0 aliphatic carbocycles. The van der Waals surface area contributed by atoms with Crippen LogP contribution in [0.3, 0.4) is 0 Å². The topological polar surface area (TPSA) is 93.8 Å². The average Bonchev–Trinajstić information content (AvgIpc) is 2.47. The maximum absolute atomic E-state index is 13.5. The van der Waals surface area contributed by atoms with Crippen molar-refractivity contribution < 1.29 is 12.8 Å². The van der Waals surface area contributed by atoms with Crippen LogP contribution in [0.1, 0.15) is 11.1 Å². The molecule has 0 atom stereocenters. The molecule has 2 aromatic carbocycles. The molecule has 0 saturated carbocycles. The van der Waals surface area contributed by atoms with E-state index < -0.39 is 26.3 Å². The van der Waals surface area contributed by atoms with Gasteiger partial charge < -0.3 is 0 Å². The van der Waals surface area contributed by atoms with Crippen molar-refractivity contribution in [1.29, 1.82) is 10.5 Å². The number of nitrogens with one attached hydrogen (secondary N) is 1. The molecule has 0 fully saturated rings. The third-order valence-electron chi connectivity index (χ3n) is 2.75. The highest BCUT2D eigenvalue weighted by atomic mass is 35.5. The van der Waals surface area contributed by atoms with E-state index in [2.05, 4.69) is 4.72 Å². The van der Waals surface area contributed by atoms with Crippen LogP contribution in [0, 0.1) is 28.5 Å². The summed E-state index contributed by atoms with van der Waals surface area (Å²) in [6.07, 6.45) is 0. The number of halogens is 2. The summed E-state index contributed by atoms with van der Waals surface area (Å²) in [5, 5.41) is 18.0. The molecule has 0 radical (unpaired) electrons. The quantitative estimate of drug-likeness (QED) is 0.932. The highest BCUT2D eigenvalue weighted by Crippen LogP contribution is 2.27. The molecule has 0 heterocycles. The van der Waals surface area contributed by atoms with Crippen molar-refractivity contribution >= 4 is 27.3 Å². The molecule has 1 N–H and O–H groups in total. The first-order chi connectivity index (χ1) is 10.4. The fraction of sp³-hybridized carbons (Fsp3) is 0. The molecule has 0 aromatic heterocycles. The van der Waals surface area contributed by atoms with Gasteiger partial charge in [-0.25, -0.2) is 12.8 Å². The summed E-state index contributed by atoms with van der Waals surface area (Å²) in [6.45, 7) is 0. The van der Waals surface area contributed by atoms with Crippen LogP contribution >= 0.6 is 11.6 Å². The molecule has 0 unspecified atom stereocenters. The Labute approximate surface area is 131 Å². The molecule has 22 heavy (non-hydrogen) atoms. The van der Waals surface area contributed by atoms with Gasteiger partial charge in [0.1, 0.15) is 28.4 Å². The minimum atomic E-state index is -4.25. The number of nitriles is 2. The van der Waals surface area contributed by atoms with Crippen LogP contribution in [-0.4, -0.2) is 8.42 Å². The second-order valence-corrected chi connectivity index (χ2v) is 6.16. The van der Waals surface area contributed by atoms with E-state index in [0.717, 1.165) is 12.1 Å². The molecule has 0 aliphatic heterocycles. The molecule has 2 aromatic rings. The number of anilines is 1. The molecular formula is C14H7ClFN3O2S. The highest BCUT2D eigenvalue weighted by molar-refractivity contribution is 7.92. The number of nitrogens with zero attached hydrogens (tertiary/aromatic N) is 2. The van der Waals surface area contributed by atoms with Crippen LogP contribution in [0.4, 0.5) is 10.1 Å². The highest BCUT2D eigenvalue weighted by Gasteiger charge is 2.22. The lowest BCUT2D eigenvalue weighted by atomic mass is 10.2. The van der Waals surface area contributed by atoms with Crippen LogP contribution in [-0.2, 0) is 10.0 Å². The number of rotatable bonds is 3. The molecule has 110 valence electrons. The van der Waals surface area contributed by atoms with Crippen molar-refractivity contribution in [3.8, 4) is 12.1 Å². The smallest absolute Gasteiger partial charge is 0.263 e. The molecule has 0 bridgehead atoms. The molecule has 2 rings (SSSR count). The Balaban J connectivity index is 2.56. The first kappa shape index (κ1) is 15.8. The lowest BCUT2D eigenvalue weighted by molar-refractivity contribution is 0.593. The summed E-state index contributed by atoms with van der Waals surface area (Å²) in [7, 11) is -4.25. The normalized spacial score (nSPS) is 10.5. The van der Waals surface area contributed by atoms with Crippen molar-refractivity contribution in [1.82, 2.24) is 0 Å². The van der Waals surface area contributed by atoms with Crippen molar-refractivity contribution in [3.05, 3.63) is 58.4 Å². The predicted octanol–water partition coefficient (Wildman–Crippen LogP) is 3.02. The molecule has 0 aliphatic rings. The van der Waals surface area contributed by atoms with E-state index in [0.29, 0.717) is 0 Å². The molecule has 5 nitrogen and oxygen atoms in total. The van der Waals surface area contributed by atoms with Crippen LogP contribution < -0.4 is 4.72 Å². The lowest BCUT2D eigenvalue weighted by Gasteiger charge is -2.11. The van der Waals surface area contributed by atoms with Gasteiger partial charge in [0.05, 0.1) is 16.3 Å². The summed E-state index contributed by atoms with van der Waals surface area (Å²) in [6, 6.07) is 10.8. The van der Waals surface area contributed by atoms with Gasteiger partial charge in [0, 0.05) is 0 Å².